The van der Waals surface area contributed by atoms with Crippen molar-refractivity contribution in [3.05, 3.63) is 133 Å². The molecular weight excluding hydrogens is 464 g/mol. The molecule has 0 atom stereocenters. The Bertz CT molecular complexity index is 2130. The predicted molar refractivity (Wildman–Crippen MR) is 157 cm³/mol. The Hall–Kier alpha value is -5.15. The summed E-state index contributed by atoms with van der Waals surface area (Å²) in [4.78, 5) is 5.03. The van der Waals surface area contributed by atoms with Crippen LogP contribution in [0.25, 0.3) is 71.9 Å². The minimum Gasteiger partial charge on any atom is -0.456 e. The molecule has 3 aromatic heterocycles. The Morgan fingerprint density at radius 1 is 0.474 bits per heavy atom. The number of benzene rings is 5. The van der Waals surface area contributed by atoms with Gasteiger partial charge in [0, 0.05) is 27.3 Å². The van der Waals surface area contributed by atoms with E-state index in [9.17, 15) is 0 Å². The fraction of sp³-hybridized carbons (Fsp3) is 0. The first-order valence-corrected chi connectivity index (χ1v) is 12.8. The van der Waals surface area contributed by atoms with Crippen LogP contribution in [0, 0.1) is 0 Å². The van der Waals surface area contributed by atoms with Gasteiger partial charge in [-0.15, -0.1) is 0 Å². The van der Waals surface area contributed by atoms with Crippen LogP contribution >= 0.6 is 0 Å². The monoisotopic (exact) mass is 486 g/mol. The fourth-order valence-corrected chi connectivity index (χ4v) is 5.70. The topological polar surface area (TPSA) is 31.0 Å². The van der Waals surface area contributed by atoms with Crippen molar-refractivity contribution in [1.29, 1.82) is 0 Å². The second kappa shape index (κ2) is 8.19. The molecular formula is C35H22N2O. The average Bonchev–Trinajstić information content (AvgIpc) is 3.53. The van der Waals surface area contributed by atoms with E-state index in [0.717, 1.165) is 55.7 Å². The van der Waals surface area contributed by atoms with Crippen molar-refractivity contribution in [3.63, 3.8) is 0 Å². The molecule has 5 aromatic carbocycles. The highest BCUT2D eigenvalue weighted by molar-refractivity contribution is 6.14. The average molecular weight is 487 g/mol. The molecule has 38 heavy (non-hydrogen) atoms. The molecule has 0 unspecified atom stereocenters. The number of rotatable bonds is 3. The second-order valence-corrected chi connectivity index (χ2v) is 9.61. The number of pyridine rings is 1. The zero-order chi connectivity index (χ0) is 25.1. The van der Waals surface area contributed by atoms with E-state index in [-0.39, 0.29) is 0 Å². The molecule has 0 aliphatic rings. The summed E-state index contributed by atoms with van der Waals surface area (Å²) in [5, 5.41) is 4.69. The number of para-hydroxylation sites is 2. The molecule has 0 radical (unpaired) electrons. The van der Waals surface area contributed by atoms with Crippen LogP contribution in [-0.2, 0) is 0 Å². The lowest BCUT2D eigenvalue weighted by atomic mass is 10.1. The SMILES string of the molecule is c1ccc(-c2cccc(-c3ccc4c5ccccc5n(-c5cccc6oc7ccccc7c56)c4c3)n2)cc1. The Morgan fingerprint density at radius 3 is 2.05 bits per heavy atom. The lowest BCUT2D eigenvalue weighted by Crippen LogP contribution is -1.95. The Morgan fingerprint density at radius 2 is 1.16 bits per heavy atom. The van der Waals surface area contributed by atoms with Gasteiger partial charge in [0.1, 0.15) is 11.2 Å². The standard InChI is InChI=1S/C35H22N2O/c1-2-10-23(11-3-1)28-14-8-15-29(36-28)24-20-21-26-25-12-4-6-16-30(25)37(32(26)22-24)31-17-9-19-34-35(31)27-13-5-7-18-33(27)38-34/h1-22H. The maximum absolute atomic E-state index is 6.24. The molecule has 0 fully saturated rings. The van der Waals surface area contributed by atoms with Gasteiger partial charge in [0.2, 0.25) is 0 Å². The molecule has 178 valence electrons. The lowest BCUT2D eigenvalue weighted by molar-refractivity contribution is 0.669. The van der Waals surface area contributed by atoms with E-state index in [4.69, 9.17) is 9.40 Å². The van der Waals surface area contributed by atoms with Crippen LogP contribution in [0.4, 0.5) is 0 Å². The van der Waals surface area contributed by atoms with Crippen LogP contribution < -0.4 is 0 Å². The van der Waals surface area contributed by atoms with Gasteiger partial charge >= 0.3 is 0 Å². The van der Waals surface area contributed by atoms with Crippen molar-refractivity contribution >= 4 is 43.7 Å². The van der Waals surface area contributed by atoms with E-state index in [1.807, 2.05) is 30.3 Å². The van der Waals surface area contributed by atoms with Crippen molar-refractivity contribution in [2.75, 3.05) is 0 Å². The Balaban J connectivity index is 1.42. The maximum Gasteiger partial charge on any atom is 0.137 e. The van der Waals surface area contributed by atoms with Gasteiger partial charge in [-0.3, -0.25) is 0 Å². The highest BCUT2D eigenvalue weighted by atomic mass is 16.3. The van der Waals surface area contributed by atoms with Gasteiger partial charge < -0.3 is 8.98 Å². The lowest BCUT2D eigenvalue weighted by Gasteiger charge is -2.11. The highest BCUT2D eigenvalue weighted by Crippen LogP contribution is 2.39. The van der Waals surface area contributed by atoms with E-state index in [2.05, 4.69) is 108 Å². The van der Waals surface area contributed by atoms with Gasteiger partial charge in [0.15, 0.2) is 0 Å². The Labute approximate surface area is 219 Å². The van der Waals surface area contributed by atoms with Crippen molar-refractivity contribution in [3.8, 4) is 28.2 Å². The molecule has 0 aliphatic carbocycles. The molecule has 8 aromatic rings. The summed E-state index contributed by atoms with van der Waals surface area (Å²) in [6, 6.07) is 46.5. The van der Waals surface area contributed by atoms with Crippen LogP contribution in [0.5, 0.6) is 0 Å². The van der Waals surface area contributed by atoms with Crippen LogP contribution in [0.1, 0.15) is 0 Å². The second-order valence-electron chi connectivity index (χ2n) is 9.61. The van der Waals surface area contributed by atoms with Crippen molar-refractivity contribution < 1.29 is 4.42 Å². The fourth-order valence-electron chi connectivity index (χ4n) is 5.70. The number of nitrogens with zero attached hydrogens (tertiary/aromatic N) is 2. The first-order chi connectivity index (χ1) is 18.8. The normalized spacial score (nSPS) is 11.7. The molecule has 8 rings (SSSR count). The van der Waals surface area contributed by atoms with E-state index in [1.54, 1.807) is 0 Å². The smallest absolute Gasteiger partial charge is 0.137 e. The molecule has 0 bridgehead atoms. The first-order valence-electron chi connectivity index (χ1n) is 12.8. The summed E-state index contributed by atoms with van der Waals surface area (Å²) in [6.45, 7) is 0. The number of hydrogen-bond acceptors (Lipinski definition) is 2. The maximum atomic E-state index is 6.24. The quantitative estimate of drug-likeness (QED) is 0.249. The number of aromatic nitrogens is 2. The number of fused-ring (bicyclic) bond motifs is 6. The van der Waals surface area contributed by atoms with Gasteiger partial charge in [-0.25, -0.2) is 4.98 Å². The van der Waals surface area contributed by atoms with E-state index >= 15 is 0 Å². The highest BCUT2D eigenvalue weighted by Gasteiger charge is 2.18. The minimum absolute atomic E-state index is 0.892. The van der Waals surface area contributed by atoms with Crippen LogP contribution in [0.15, 0.2) is 138 Å². The zero-order valence-electron chi connectivity index (χ0n) is 20.5. The van der Waals surface area contributed by atoms with Crippen molar-refractivity contribution in [2.45, 2.75) is 0 Å². The third kappa shape index (κ3) is 3.12. The van der Waals surface area contributed by atoms with Gasteiger partial charge in [-0.05, 0) is 42.5 Å². The molecule has 0 amide bonds. The summed E-state index contributed by atoms with van der Waals surface area (Å²) in [7, 11) is 0. The molecule has 3 heteroatoms. The number of hydrogen-bond donors (Lipinski definition) is 0. The third-order valence-electron chi connectivity index (χ3n) is 7.41. The van der Waals surface area contributed by atoms with Crippen molar-refractivity contribution in [1.82, 2.24) is 9.55 Å². The zero-order valence-corrected chi connectivity index (χ0v) is 20.5. The summed E-state index contributed by atoms with van der Waals surface area (Å²) in [5.41, 5.74) is 9.35. The summed E-state index contributed by atoms with van der Waals surface area (Å²) < 4.78 is 8.61. The van der Waals surface area contributed by atoms with Gasteiger partial charge in [-0.2, -0.15) is 0 Å². The molecule has 0 spiro atoms. The predicted octanol–water partition coefficient (Wildman–Crippen LogP) is 9.41. The van der Waals surface area contributed by atoms with Crippen LogP contribution in [-0.4, -0.2) is 9.55 Å². The van der Waals surface area contributed by atoms with Gasteiger partial charge in [0.25, 0.3) is 0 Å². The minimum atomic E-state index is 0.892. The third-order valence-corrected chi connectivity index (χ3v) is 7.41. The molecule has 0 saturated carbocycles. The Kier molecular flexibility index (Phi) is 4.52. The largest absolute Gasteiger partial charge is 0.456 e. The first kappa shape index (κ1) is 21.0. The van der Waals surface area contributed by atoms with Gasteiger partial charge in [0.05, 0.1) is 33.5 Å². The summed E-state index contributed by atoms with van der Waals surface area (Å²) in [6.07, 6.45) is 0. The van der Waals surface area contributed by atoms with Crippen LogP contribution in [0.3, 0.4) is 0 Å². The van der Waals surface area contributed by atoms with E-state index in [0.29, 0.717) is 0 Å². The van der Waals surface area contributed by atoms with Crippen LogP contribution in [0.2, 0.25) is 0 Å². The van der Waals surface area contributed by atoms with Crippen molar-refractivity contribution in [2.24, 2.45) is 0 Å². The van der Waals surface area contributed by atoms with E-state index < -0.39 is 0 Å². The summed E-state index contributed by atoms with van der Waals surface area (Å²) >= 11 is 0. The molecule has 0 N–H and O–H groups in total. The van der Waals surface area contributed by atoms with Gasteiger partial charge in [-0.1, -0.05) is 91.0 Å². The molecule has 3 nitrogen and oxygen atoms in total. The molecule has 3 heterocycles. The summed E-state index contributed by atoms with van der Waals surface area (Å²) in [5.74, 6) is 0. The molecule has 0 aliphatic heterocycles. The van der Waals surface area contributed by atoms with E-state index in [1.165, 1.54) is 16.3 Å². The molecule has 0 saturated heterocycles. The number of furan rings is 1.